The molecule has 0 aliphatic heterocycles. The summed E-state index contributed by atoms with van der Waals surface area (Å²) in [5.41, 5.74) is 0.0566. The minimum absolute atomic E-state index is 0.177. The molecule has 0 saturated carbocycles. The molecule has 0 aromatic carbocycles. The Morgan fingerprint density at radius 2 is 1.60 bits per heavy atom. The second-order valence-electron chi connectivity index (χ2n) is 7.94. The molecule has 3 nitrogen and oxygen atoms in total. The first-order valence-corrected chi connectivity index (χ1v) is 7.17. The summed E-state index contributed by atoms with van der Waals surface area (Å²) in [5, 5.41) is 19.8. The van der Waals surface area contributed by atoms with Gasteiger partial charge in [-0.1, -0.05) is 53.2 Å². The molecule has 1 atom stereocenters. The molecule has 0 bridgehead atoms. The molecule has 0 heterocycles. The largest absolute Gasteiger partial charge is 0.512 e. The topological polar surface area (TPSA) is 57.5 Å². The first-order valence-electron chi connectivity index (χ1n) is 7.17. The van der Waals surface area contributed by atoms with Crippen LogP contribution in [0.2, 0.25) is 0 Å². The Morgan fingerprint density at radius 3 is 1.95 bits per heavy atom. The molecule has 1 unspecified atom stereocenters. The van der Waals surface area contributed by atoms with Crippen molar-refractivity contribution in [1.29, 1.82) is 0 Å². The van der Waals surface area contributed by atoms with Crippen molar-refractivity contribution < 1.29 is 15.0 Å². The van der Waals surface area contributed by atoms with E-state index in [1.165, 1.54) is 0 Å². The van der Waals surface area contributed by atoms with E-state index in [4.69, 9.17) is 0 Å². The summed E-state index contributed by atoms with van der Waals surface area (Å²) in [7, 11) is 0. The monoisotopic (exact) mass is 280 g/mol. The van der Waals surface area contributed by atoms with Crippen LogP contribution in [-0.4, -0.2) is 16.2 Å². The maximum Gasteiger partial charge on any atom is 0.310 e. The molecular weight excluding hydrogens is 252 g/mol. The Labute approximate surface area is 122 Å². The molecule has 1 rings (SSSR count). The number of rotatable bonds is 2. The van der Waals surface area contributed by atoms with Gasteiger partial charge in [-0.15, -0.1) is 0 Å². The normalized spacial score (nSPS) is 20.9. The third-order valence-electron chi connectivity index (χ3n) is 4.85. The summed E-state index contributed by atoms with van der Waals surface area (Å²) >= 11 is 0. The lowest BCUT2D eigenvalue weighted by atomic mass is 9.49. The molecule has 0 aromatic heterocycles. The molecule has 1 aliphatic carbocycles. The summed E-state index contributed by atoms with van der Waals surface area (Å²) in [4.78, 5) is 11.3. The Kier molecular flexibility index (Phi) is 4.15. The first-order chi connectivity index (χ1) is 8.84. The lowest BCUT2D eigenvalue weighted by Crippen LogP contribution is -2.49. The Morgan fingerprint density at radius 1 is 1.15 bits per heavy atom. The van der Waals surface area contributed by atoms with Gasteiger partial charge >= 0.3 is 5.97 Å². The van der Waals surface area contributed by atoms with Gasteiger partial charge in [0.05, 0.1) is 11.7 Å². The van der Waals surface area contributed by atoms with Gasteiger partial charge < -0.3 is 10.2 Å². The van der Waals surface area contributed by atoms with Gasteiger partial charge in [-0.25, -0.2) is 0 Å². The lowest BCUT2D eigenvalue weighted by molar-refractivity contribution is -0.140. The summed E-state index contributed by atoms with van der Waals surface area (Å²) < 4.78 is 0. The Bertz CT molecular complexity index is 442. The Hall–Kier alpha value is -1.25. The van der Waals surface area contributed by atoms with E-state index in [-0.39, 0.29) is 10.8 Å². The van der Waals surface area contributed by atoms with E-state index in [0.717, 1.165) is 5.57 Å². The quantitative estimate of drug-likeness (QED) is 0.779. The fourth-order valence-electron chi connectivity index (χ4n) is 3.66. The first kappa shape index (κ1) is 16.8. The fraction of sp³-hybridized carbons (Fsp3) is 0.706. The van der Waals surface area contributed by atoms with Crippen molar-refractivity contribution >= 4 is 5.97 Å². The van der Waals surface area contributed by atoms with Crippen LogP contribution in [0.3, 0.4) is 0 Å². The standard InChI is InChI=1S/C17H28O3/c1-11(14(19)20)12-8-9-13(18)17(10-12,15(2,3)4)16(5,6)7/h8-9,11,18H,10H2,1-7H3,(H,19,20). The number of aliphatic hydroxyl groups excluding tert-OH is 1. The van der Waals surface area contributed by atoms with E-state index in [0.29, 0.717) is 12.2 Å². The number of hydrogen-bond donors (Lipinski definition) is 2. The van der Waals surface area contributed by atoms with Gasteiger partial charge in [-0.3, -0.25) is 4.79 Å². The van der Waals surface area contributed by atoms with E-state index >= 15 is 0 Å². The maximum atomic E-state index is 11.3. The van der Waals surface area contributed by atoms with Crippen molar-refractivity contribution in [1.82, 2.24) is 0 Å². The van der Waals surface area contributed by atoms with Gasteiger partial charge in [-0.2, -0.15) is 0 Å². The van der Waals surface area contributed by atoms with Crippen molar-refractivity contribution in [2.45, 2.75) is 54.9 Å². The van der Waals surface area contributed by atoms with Crippen LogP contribution in [0.4, 0.5) is 0 Å². The SMILES string of the molecule is CC(C(=O)O)C1=CC=C(O)C(C(C)(C)C)(C(C)(C)C)C1. The lowest BCUT2D eigenvalue weighted by Gasteiger charge is -2.55. The van der Waals surface area contributed by atoms with Gasteiger partial charge in [0.25, 0.3) is 0 Å². The van der Waals surface area contributed by atoms with Crippen LogP contribution in [0, 0.1) is 22.2 Å². The number of carboxylic acids is 1. The third kappa shape index (κ3) is 2.50. The zero-order chi connectivity index (χ0) is 15.9. The van der Waals surface area contributed by atoms with Crippen molar-refractivity contribution in [3.63, 3.8) is 0 Å². The average Bonchev–Trinajstić information content (AvgIpc) is 2.25. The number of allylic oxidation sites excluding steroid dienone is 3. The zero-order valence-electron chi connectivity index (χ0n) is 13.7. The highest BCUT2D eigenvalue weighted by Crippen LogP contribution is 2.60. The highest BCUT2D eigenvalue weighted by Gasteiger charge is 2.55. The van der Waals surface area contributed by atoms with Crippen molar-refractivity contribution in [3.05, 3.63) is 23.5 Å². The van der Waals surface area contributed by atoms with Gasteiger partial charge in [-0.05, 0) is 30.3 Å². The second kappa shape index (κ2) is 4.94. The van der Waals surface area contributed by atoms with Crippen LogP contribution in [0.5, 0.6) is 0 Å². The number of carboxylic acid groups (broad SMARTS) is 1. The molecule has 0 radical (unpaired) electrons. The molecule has 0 fully saturated rings. The van der Waals surface area contributed by atoms with E-state index in [2.05, 4.69) is 41.5 Å². The minimum Gasteiger partial charge on any atom is -0.512 e. The second-order valence-corrected chi connectivity index (χ2v) is 7.94. The zero-order valence-corrected chi connectivity index (χ0v) is 13.7. The number of carbonyl (C=O) groups is 1. The molecule has 0 saturated heterocycles. The predicted octanol–water partition coefficient (Wildman–Crippen LogP) is 4.56. The fourth-order valence-corrected chi connectivity index (χ4v) is 3.66. The smallest absolute Gasteiger partial charge is 0.310 e. The maximum absolute atomic E-state index is 11.3. The number of aliphatic carboxylic acids is 1. The summed E-state index contributed by atoms with van der Waals surface area (Å²) in [6, 6.07) is 0. The number of hydrogen-bond acceptors (Lipinski definition) is 2. The molecule has 2 N–H and O–H groups in total. The molecule has 0 amide bonds. The van der Waals surface area contributed by atoms with Gasteiger partial charge in [0.1, 0.15) is 0 Å². The van der Waals surface area contributed by atoms with Crippen LogP contribution in [0.1, 0.15) is 54.9 Å². The summed E-state index contributed by atoms with van der Waals surface area (Å²) in [6.07, 6.45) is 4.04. The van der Waals surface area contributed by atoms with E-state index in [1.807, 2.05) is 0 Å². The predicted molar refractivity (Wildman–Crippen MR) is 81.6 cm³/mol. The van der Waals surface area contributed by atoms with Crippen LogP contribution < -0.4 is 0 Å². The van der Waals surface area contributed by atoms with E-state index in [9.17, 15) is 15.0 Å². The highest BCUT2D eigenvalue weighted by atomic mass is 16.4. The van der Waals surface area contributed by atoms with E-state index < -0.39 is 17.3 Å². The molecular formula is C17H28O3. The Balaban J connectivity index is 3.41. The minimum atomic E-state index is -0.817. The van der Waals surface area contributed by atoms with Crippen LogP contribution in [0.15, 0.2) is 23.5 Å². The summed E-state index contributed by atoms with van der Waals surface area (Å²) in [6.45, 7) is 14.4. The molecule has 1 aliphatic rings. The highest BCUT2D eigenvalue weighted by molar-refractivity contribution is 5.73. The van der Waals surface area contributed by atoms with Gasteiger partial charge in [0.15, 0.2) is 0 Å². The molecule has 3 heteroatoms. The summed E-state index contributed by atoms with van der Waals surface area (Å²) in [5.74, 6) is -0.981. The van der Waals surface area contributed by atoms with Crippen molar-refractivity contribution in [3.8, 4) is 0 Å². The van der Waals surface area contributed by atoms with Crippen molar-refractivity contribution in [2.75, 3.05) is 0 Å². The number of aliphatic hydroxyl groups is 1. The van der Waals surface area contributed by atoms with Gasteiger partial charge in [0.2, 0.25) is 0 Å². The molecule has 20 heavy (non-hydrogen) atoms. The average molecular weight is 280 g/mol. The van der Waals surface area contributed by atoms with Crippen molar-refractivity contribution in [2.24, 2.45) is 22.2 Å². The van der Waals surface area contributed by atoms with Gasteiger partial charge in [0, 0.05) is 5.41 Å². The third-order valence-corrected chi connectivity index (χ3v) is 4.85. The van der Waals surface area contributed by atoms with Crippen LogP contribution >= 0.6 is 0 Å². The van der Waals surface area contributed by atoms with Crippen LogP contribution in [0.25, 0.3) is 0 Å². The van der Waals surface area contributed by atoms with Crippen LogP contribution in [-0.2, 0) is 4.79 Å². The molecule has 0 spiro atoms. The molecule has 114 valence electrons. The van der Waals surface area contributed by atoms with E-state index in [1.54, 1.807) is 19.1 Å². The molecule has 0 aromatic rings.